The molecule has 0 aromatic carbocycles. The molecule has 0 aliphatic heterocycles. The molecule has 0 saturated heterocycles. The summed E-state index contributed by atoms with van der Waals surface area (Å²) in [5.41, 5.74) is 10.5. The van der Waals surface area contributed by atoms with Crippen LogP contribution in [0.3, 0.4) is 0 Å². The molecule has 0 aliphatic rings. The molecule has 0 fully saturated rings. The maximum absolute atomic E-state index is 6.35. The number of aromatic nitrogens is 5. The molecule has 2 N–H and O–H groups in total. The van der Waals surface area contributed by atoms with Gasteiger partial charge in [-0.1, -0.05) is 0 Å². The zero-order valence-corrected chi connectivity index (χ0v) is 11.7. The van der Waals surface area contributed by atoms with Crippen LogP contribution in [0.5, 0.6) is 0 Å². The summed E-state index contributed by atoms with van der Waals surface area (Å²) in [6, 6.07) is 1.98. The van der Waals surface area contributed by atoms with Crippen molar-refractivity contribution < 1.29 is 0 Å². The van der Waals surface area contributed by atoms with E-state index in [0.717, 1.165) is 35.4 Å². The highest BCUT2D eigenvalue weighted by molar-refractivity contribution is 5.53. The van der Waals surface area contributed by atoms with Crippen molar-refractivity contribution >= 4 is 5.52 Å². The predicted molar refractivity (Wildman–Crippen MR) is 76.3 cm³/mol. The lowest BCUT2D eigenvalue weighted by atomic mass is 10.0. The van der Waals surface area contributed by atoms with Gasteiger partial charge in [0, 0.05) is 42.7 Å². The van der Waals surface area contributed by atoms with Crippen LogP contribution in [0.2, 0.25) is 0 Å². The summed E-state index contributed by atoms with van der Waals surface area (Å²) in [6.07, 6.45) is 7.90. The fraction of sp³-hybridized carbons (Fsp3) is 0.357. The predicted octanol–water partition coefficient (Wildman–Crippen LogP) is 1.50. The van der Waals surface area contributed by atoms with Crippen LogP contribution in [-0.2, 0) is 13.0 Å². The summed E-state index contributed by atoms with van der Waals surface area (Å²) in [7, 11) is 0. The van der Waals surface area contributed by atoms with E-state index in [2.05, 4.69) is 28.2 Å². The van der Waals surface area contributed by atoms with E-state index in [1.54, 1.807) is 16.9 Å². The van der Waals surface area contributed by atoms with E-state index in [4.69, 9.17) is 5.73 Å². The van der Waals surface area contributed by atoms with Gasteiger partial charge in [-0.25, -0.2) is 4.52 Å². The van der Waals surface area contributed by atoms with Crippen molar-refractivity contribution in [3.05, 3.63) is 47.8 Å². The Hall–Kier alpha value is -2.21. The van der Waals surface area contributed by atoms with Gasteiger partial charge in [-0.15, -0.1) is 0 Å². The van der Waals surface area contributed by atoms with Crippen LogP contribution < -0.4 is 5.73 Å². The number of fused-ring (bicyclic) bond motifs is 1. The van der Waals surface area contributed by atoms with Crippen molar-refractivity contribution in [3.63, 3.8) is 0 Å². The number of hydrogen-bond donors (Lipinski definition) is 1. The van der Waals surface area contributed by atoms with Crippen molar-refractivity contribution in [2.45, 2.75) is 32.9 Å². The quantitative estimate of drug-likeness (QED) is 0.779. The van der Waals surface area contributed by atoms with Gasteiger partial charge in [0.15, 0.2) is 0 Å². The van der Waals surface area contributed by atoms with E-state index < -0.39 is 0 Å². The van der Waals surface area contributed by atoms with Gasteiger partial charge in [-0.3, -0.25) is 9.67 Å². The first-order valence-electron chi connectivity index (χ1n) is 6.75. The second-order valence-corrected chi connectivity index (χ2v) is 4.91. The lowest BCUT2D eigenvalue weighted by molar-refractivity contribution is 0.588. The molecule has 0 saturated carbocycles. The Morgan fingerprint density at radius 2 is 2.20 bits per heavy atom. The van der Waals surface area contributed by atoms with Gasteiger partial charge in [-0.05, 0) is 19.9 Å². The molecule has 3 aromatic rings. The monoisotopic (exact) mass is 270 g/mol. The fourth-order valence-corrected chi connectivity index (χ4v) is 2.51. The van der Waals surface area contributed by atoms with E-state index in [0.29, 0.717) is 0 Å². The molecule has 3 rings (SSSR count). The second kappa shape index (κ2) is 5.05. The molecule has 3 heterocycles. The largest absolute Gasteiger partial charge is 0.324 e. The Labute approximate surface area is 117 Å². The standard InChI is InChI=1S/C14H18N6/c1-3-19-11(6-10(2)18-19)7-13(15)12-8-17-20-5-4-16-9-14(12)20/h4-6,8-9,13H,3,7,15H2,1-2H3. The van der Waals surface area contributed by atoms with Crippen LogP contribution >= 0.6 is 0 Å². The van der Waals surface area contributed by atoms with Gasteiger partial charge < -0.3 is 5.73 Å². The first kappa shape index (κ1) is 12.8. The van der Waals surface area contributed by atoms with E-state index in [1.807, 2.05) is 24.0 Å². The van der Waals surface area contributed by atoms with Crippen LogP contribution in [0.4, 0.5) is 0 Å². The topological polar surface area (TPSA) is 74.0 Å². The van der Waals surface area contributed by atoms with Gasteiger partial charge >= 0.3 is 0 Å². The molecule has 0 amide bonds. The molecule has 3 aromatic heterocycles. The van der Waals surface area contributed by atoms with Crippen molar-refractivity contribution in [3.8, 4) is 0 Å². The Morgan fingerprint density at radius 1 is 1.35 bits per heavy atom. The summed E-state index contributed by atoms with van der Waals surface area (Å²) < 4.78 is 3.80. The minimum atomic E-state index is -0.113. The summed E-state index contributed by atoms with van der Waals surface area (Å²) in [6.45, 7) is 4.94. The molecule has 0 radical (unpaired) electrons. The van der Waals surface area contributed by atoms with Gasteiger partial charge in [0.05, 0.1) is 23.6 Å². The van der Waals surface area contributed by atoms with Gasteiger partial charge in [0.2, 0.25) is 0 Å². The van der Waals surface area contributed by atoms with Crippen molar-refractivity contribution in [1.29, 1.82) is 0 Å². The third-order valence-electron chi connectivity index (χ3n) is 3.47. The molecule has 104 valence electrons. The smallest absolute Gasteiger partial charge is 0.0892 e. The van der Waals surface area contributed by atoms with Gasteiger partial charge in [0.1, 0.15) is 0 Å². The van der Waals surface area contributed by atoms with E-state index in [9.17, 15) is 0 Å². The van der Waals surface area contributed by atoms with E-state index in [-0.39, 0.29) is 6.04 Å². The zero-order chi connectivity index (χ0) is 14.1. The van der Waals surface area contributed by atoms with Gasteiger partial charge in [0.25, 0.3) is 0 Å². The molecule has 0 spiro atoms. The molecular weight excluding hydrogens is 252 g/mol. The number of rotatable bonds is 4. The fourth-order valence-electron chi connectivity index (χ4n) is 2.51. The number of aryl methyl sites for hydroxylation is 2. The van der Waals surface area contributed by atoms with Gasteiger partial charge in [-0.2, -0.15) is 10.2 Å². The third kappa shape index (κ3) is 2.18. The Balaban J connectivity index is 1.91. The maximum atomic E-state index is 6.35. The molecular formula is C14H18N6. The Bertz CT molecular complexity index is 726. The van der Waals surface area contributed by atoms with Crippen LogP contribution in [0.15, 0.2) is 30.9 Å². The first-order chi connectivity index (χ1) is 9.69. The molecule has 0 bridgehead atoms. The summed E-state index contributed by atoms with van der Waals surface area (Å²) in [5.74, 6) is 0. The first-order valence-corrected chi connectivity index (χ1v) is 6.75. The second-order valence-electron chi connectivity index (χ2n) is 4.91. The molecule has 20 heavy (non-hydrogen) atoms. The highest BCUT2D eigenvalue weighted by atomic mass is 15.3. The van der Waals surface area contributed by atoms with Crippen molar-refractivity contribution in [2.24, 2.45) is 5.73 Å². The summed E-state index contributed by atoms with van der Waals surface area (Å²) in [5, 5.41) is 8.76. The number of nitrogens with two attached hydrogens (primary N) is 1. The number of nitrogens with zero attached hydrogens (tertiary/aromatic N) is 5. The highest BCUT2D eigenvalue weighted by Gasteiger charge is 2.15. The molecule has 6 nitrogen and oxygen atoms in total. The molecule has 6 heteroatoms. The number of hydrogen-bond acceptors (Lipinski definition) is 4. The highest BCUT2D eigenvalue weighted by Crippen LogP contribution is 2.20. The molecule has 1 atom stereocenters. The maximum Gasteiger partial charge on any atom is 0.0892 e. The molecule has 0 aliphatic carbocycles. The van der Waals surface area contributed by atoms with Crippen molar-refractivity contribution in [2.75, 3.05) is 0 Å². The van der Waals surface area contributed by atoms with Crippen molar-refractivity contribution in [1.82, 2.24) is 24.4 Å². The summed E-state index contributed by atoms with van der Waals surface area (Å²) >= 11 is 0. The molecule has 1 unspecified atom stereocenters. The van der Waals surface area contributed by atoms with Crippen LogP contribution in [-0.4, -0.2) is 24.4 Å². The average Bonchev–Trinajstić information content (AvgIpc) is 3.02. The minimum absolute atomic E-state index is 0.113. The zero-order valence-electron chi connectivity index (χ0n) is 11.7. The average molecular weight is 270 g/mol. The normalized spacial score (nSPS) is 12.9. The SMILES string of the molecule is CCn1nc(C)cc1CC(N)c1cnn2ccncc12. The minimum Gasteiger partial charge on any atom is -0.324 e. The Kier molecular flexibility index (Phi) is 3.23. The Morgan fingerprint density at radius 3 is 3.00 bits per heavy atom. The van der Waals surface area contributed by atoms with Crippen LogP contribution in [0, 0.1) is 6.92 Å². The van der Waals surface area contributed by atoms with E-state index in [1.165, 1.54) is 0 Å². The lowest BCUT2D eigenvalue weighted by Gasteiger charge is -2.11. The lowest BCUT2D eigenvalue weighted by Crippen LogP contribution is -2.16. The van der Waals surface area contributed by atoms with Crippen LogP contribution in [0.1, 0.15) is 29.9 Å². The third-order valence-corrected chi connectivity index (χ3v) is 3.47. The van der Waals surface area contributed by atoms with Crippen LogP contribution in [0.25, 0.3) is 5.52 Å². The van der Waals surface area contributed by atoms with E-state index >= 15 is 0 Å². The summed E-state index contributed by atoms with van der Waals surface area (Å²) in [4.78, 5) is 4.14.